The van der Waals surface area contributed by atoms with Crippen LogP contribution in [-0.4, -0.2) is 26.1 Å². The average Bonchev–Trinajstić information content (AvgIpc) is 2.55. The van der Waals surface area contributed by atoms with Crippen LogP contribution in [0.1, 0.15) is 28.4 Å². The van der Waals surface area contributed by atoms with E-state index in [1.54, 1.807) is 18.2 Å². The summed E-state index contributed by atoms with van der Waals surface area (Å²) >= 11 is 5.99. The standard InChI is InChI=1S/C16H14ClNO5S/c17-11-3-6-15-13(9-11)14(7-8-23-15)18-24(21,22)12-4-1-10(2-5-12)16(19)20/h1-6,9,14,18H,7-8H2,(H,19,20). The van der Waals surface area contributed by atoms with Gasteiger partial charge in [-0.2, -0.15) is 0 Å². The quantitative estimate of drug-likeness (QED) is 0.866. The van der Waals surface area contributed by atoms with Crippen molar-refractivity contribution in [1.29, 1.82) is 0 Å². The van der Waals surface area contributed by atoms with Crippen molar-refractivity contribution in [1.82, 2.24) is 4.72 Å². The van der Waals surface area contributed by atoms with Crippen LogP contribution < -0.4 is 9.46 Å². The number of rotatable bonds is 4. The first-order valence-corrected chi connectivity index (χ1v) is 9.01. The molecule has 0 radical (unpaired) electrons. The number of benzene rings is 2. The Balaban J connectivity index is 1.88. The third kappa shape index (κ3) is 3.38. The first-order valence-electron chi connectivity index (χ1n) is 7.15. The number of sulfonamides is 1. The van der Waals surface area contributed by atoms with Gasteiger partial charge in [0.25, 0.3) is 0 Å². The van der Waals surface area contributed by atoms with Gasteiger partial charge in [0.15, 0.2) is 0 Å². The SMILES string of the molecule is O=C(O)c1ccc(S(=O)(=O)NC2CCOc3ccc(Cl)cc32)cc1. The van der Waals surface area contributed by atoms with Crippen LogP contribution in [0.4, 0.5) is 0 Å². The molecule has 0 amide bonds. The van der Waals surface area contributed by atoms with Crippen LogP contribution in [0.2, 0.25) is 5.02 Å². The molecule has 2 N–H and O–H groups in total. The molecule has 1 heterocycles. The molecular formula is C16H14ClNO5S. The Morgan fingerprint density at radius 2 is 1.92 bits per heavy atom. The Hall–Kier alpha value is -2.09. The lowest BCUT2D eigenvalue weighted by atomic mass is 10.0. The van der Waals surface area contributed by atoms with Crippen LogP contribution in [0.3, 0.4) is 0 Å². The normalized spacial score (nSPS) is 17.0. The summed E-state index contributed by atoms with van der Waals surface area (Å²) in [6, 6.07) is 9.65. The van der Waals surface area contributed by atoms with Crippen LogP contribution >= 0.6 is 11.6 Å². The molecule has 0 saturated carbocycles. The maximum Gasteiger partial charge on any atom is 0.335 e. The summed E-state index contributed by atoms with van der Waals surface area (Å²) in [4.78, 5) is 10.9. The molecule has 24 heavy (non-hydrogen) atoms. The molecule has 1 unspecified atom stereocenters. The van der Waals surface area contributed by atoms with Crippen LogP contribution in [0.25, 0.3) is 0 Å². The lowest BCUT2D eigenvalue weighted by molar-refractivity contribution is 0.0696. The summed E-state index contributed by atoms with van der Waals surface area (Å²) in [5.41, 5.74) is 0.705. The first-order chi connectivity index (χ1) is 11.4. The minimum Gasteiger partial charge on any atom is -0.493 e. The van der Waals surface area contributed by atoms with Crippen LogP contribution in [0.5, 0.6) is 5.75 Å². The van der Waals surface area contributed by atoms with Gasteiger partial charge in [-0.25, -0.2) is 17.9 Å². The van der Waals surface area contributed by atoms with Gasteiger partial charge in [0, 0.05) is 17.0 Å². The Morgan fingerprint density at radius 3 is 2.58 bits per heavy atom. The summed E-state index contributed by atoms with van der Waals surface area (Å²) in [5, 5.41) is 9.38. The zero-order valence-electron chi connectivity index (χ0n) is 12.4. The maximum absolute atomic E-state index is 12.5. The number of fused-ring (bicyclic) bond motifs is 1. The second-order valence-electron chi connectivity index (χ2n) is 5.32. The van der Waals surface area contributed by atoms with E-state index in [1.807, 2.05) is 0 Å². The highest BCUT2D eigenvalue weighted by Crippen LogP contribution is 2.34. The second kappa shape index (κ2) is 6.43. The molecular weight excluding hydrogens is 354 g/mol. The van der Waals surface area contributed by atoms with Crippen molar-refractivity contribution >= 4 is 27.6 Å². The van der Waals surface area contributed by atoms with Gasteiger partial charge < -0.3 is 9.84 Å². The van der Waals surface area contributed by atoms with E-state index < -0.39 is 22.0 Å². The van der Waals surface area contributed by atoms with Crippen LogP contribution in [-0.2, 0) is 10.0 Å². The van der Waals surface area contributed by atoms with Crippen molar-refractivity contribution in [3.63, 3.8) is 0 Å². The van der Waals surface area contributed by atoms with E-state index in [2.05, 4.69) is 4.72 Å². The van der Waals surface area contributed by atoms with Crippen molar-refractivity contribution in [2.24, 2.45) is 0 Å². The molecule has 3 rings (SSSR count). The molecule has 6 nitrogen and oxygen atoms in total. The zero-order valence-corrected chi connectivity index (χ0v) is 14.0. The van der Waals surface area contributed by atoms with Gasteiger partial charge in [0.2, 0.25) is 10.0 Å². The summed E-state index contributed by atoms with van der Waals surface area (Å²) in [6.07, 6.45) is 0.472. The highest BCUT2D eigenvalue weighted by molar-refractivity contribution is 7.89. The smallest absolute Gasteiger partial charge is 0.335 e. The van der Waals surface area contributed by atoms with Crippen LogP contribution in [0.15, 0.2) is 47.4 Å². The van der Waals surface area contributed by atoms with E-state index in [0.29, 0.717) is 29.4 Å². The number of aromatic carboxylic acids is 1. The van der Waals surface area contributed by atoms with E-state index in [4.69, 9.17) is 21.4 Å². The van der Waals surface area contributed by atoms with Crippen molar-refractivity contribution in [3.05, 3.63) is 58.6 Å². The largest absolute Gasteiger partial charge is 0.493 e. The van der Waals surface area contributed by atoms with Gasteiger partial charge in [-0.3, -0.25) is 0 Å². The molecule has 1 aliphatic heterocycles. The van der Waals surface area contributed by atoms with Gasteiger partial charge in [-0.1, -0.05) is 11.6 Å². The predicted molar refractivity (Wildman–Crippen MR) is 88.0 cm³/mol. The number of ether oxygens (including phenoxy) is 1. The molecule has 2 aromatic carbocycles. The van der Waals surface area contributed by atoms with Gasteiger partial charge in [-0.05, 0) is 42.5 Å². The topological polar surface area (TPSA) is 92.7 Å². The molecule has 0 spiro atoms. The number of hydrogen-bond donors (Lipinski definition) is 2. The fraction of sp³-hybridized carbons (Fsp3) is 0.188. The van der Waals surface area contributed by atoms with Crippen molar-refractivity contribution in [3.8, 4) is 5.75 Å². The highest BCUT2D eigenvalue weighted by atomic mass is 35.5. The predicted octanol–water partition coefficient (Wildman–Crippen LogP) is 2.84. The fourth-order valence-corrected chi connectivity index (χ4v) is 3.95. The summed E-state index contributed by atoms with van der Waals surface area (Å²) in [7, 11) is -3.80. The lowest BCUT2D eigenvalue weighted by Crippen LogP contribution is -2.32. The Kier molecular flexibility index (Phi) is 4.49. The Morgan fingerprint density at radius 1 is 1.21 bits per heavy atom. The lowest BCUT2D eigenvalue weighted by Gasteiger charge is -2.26. The Bertz CT molecular complexity index is 880. The fourth-order valence-electron chi connectivity index (χ4n) is 2.52. The zero-order chi connectivity index (χ0) is 17.3. The second-order valence-corrected chi connectivity index (χ2v) is 7.47. The third-order valence-corrected chi connectivity index (χ3v) is 5.44. The van der Waals surface area contributed by atoms with Crippen molar-refractivity contribution < 1.29 is 23.1 Å². The number of nitrogens with one attached hydrogen (secondary N) is 1. The first kappa shape index (κ1) is 16.8. The summed E-state index contributed by atoms with van der Waals surface area (Å²) in [5.74, 6) is -0.514. The Labute approximate surface area is 144 Å². The molecule has 126 valence electrons. The van der Waals surface area contributed by atoms with E-state index >= 15 is 0 Å². The van der Waals surface area contributed by atoms with Crippen LogP contribution in [0, 0.1) is 0 Å². The molecule has 0 bridgehead atoms. The number of hydrogen-bond acceptors (Lipinski definition) is 4. The monoisotopic (exact) mass is 367 g/mol. The van der Waals surface area contributed by atoms with Gasteiger partial charge in [-0.15, -0.1) is 0 Å². The van der Waals surface area contributed by atoms with E-state index in [9.17, 15) is 13.2 Å². The molecule has 0 fully saturated rings. The summed E-state index contributed by atoms with van der Waals surface area (Å²) < 4.78 is 33.2. The van der Waals surface area contributed by atoms with Gasteiger partial charge >= 0.3 is 5.97 Å². The molecule has 8 heteroatoms. The van der Waals surface area contributed by atoms with E-state index in [1.165, 1.54) is 24.3 Å². The molecule has 0 aliphatic carbocycles. The number of halogens is 1. The summed E-state index contributed by atoms with van der Waals surface area (Å²) in [6.45, 7) is 0.389. The molecule has 0 aromatic heterocycles. The van der Waals surface area contributed by atoms with E-state index in [-0.39, 0.29) is 10.5 Å². The average molecular weight is 368 g/mol. The van der Waals surface area contributed by atoms with Gasteiger partial charge in [0.05, 0.1) is 23.1 Å². The van der Waals surface area contributed by atoms with Gasteiger partial charge in [0.1, 0.15) is 5.75 Å². The number of carbonyl (C=O) groups is 1. The minimum absolute atomic E-state index is 0.00238. The van der Waals surface area contributed by atoms with Crippen molar-refractivity contribution in [2.75, 3.05) is 6.61 Å². The highest BCUT2D eigenvalue weighted by Gasteiger charge is 2.27. The molecule has 0 saturated heterocycles. The number of carboxylic acid groups (broad SMARTS) is 1. The number of carboxylic acids is 1. The maximum atomic E-state index is 12.5. The minimum atomic E-state index is -3.80. The van der Waals surface area contributed by atoms with E-state index in [0.717, 1.165) is 0 Å². The molecule has 2 aromatic rings. The third-order valence-electron chi connectivity index (χ3n) is 3.72. The van der Waals surface area contributed by atoms with Crippen molar-refractivity contribution in [2.45, 2.75) is 17.4 Å². The molecule has 1 aliphatic rings. The molecule has 1 atom stereocenters.